The summed E-state index contributed by atoms with van der Waals surface area (Å²) < 4.78 is 10.3. The van der Waals surface area contributed by atoms with Crippen molar-refractivity contribution in [1.82, 2.24) is 10.3 Å². The SMILES string of the molecule is COc1cnc(C)cc1NCCNC(=O)OC(C)(C)C. The molecule has 0 spiro atoms. The van der Waals surface area contributed by atoms with Crippen LogP contribution in [0.2, 0.25) is 0 Å². The number of hydrogen-bond acceptors (Lipinski definition) is 5. The maximum atomic E-state index is 11.5. The van der Waals surface area contributed by atoms with Crippen molar-refractivity contribution in [2.24, 2.45) is 0 Å². The number of carbonyl (C=O) groups excluding carboxylic acids is 1. The Labute approximate surface area is 119 Å². The van der Waals surface area contributed by atoms with Crippen molar-refractivity contribution in [1.29, 1.82) is 0 Å². The Balaban J connectivity index is 2.38. The summed E-state index contributed by atoms with van der Waals surface area (Å²) in [7, 11) is 1.59. The number of hydrogen-bond donors (Lipinski definition) is 2. The Morgan fingerprint density at radius 3 is 2.65 bits per heavy atom. The second-order valence-electron chi connectivity index (χ2n) is 5.38. The zero-order chi connectivity index (χ0) is 15.2. The zero-order valence-corrected chi connectivity index (χ0v) is 12.7. The summed E-state index contributed by atoms with van der Waals surface area (Å²) in [5.74, 6) is 0.674. The maximum absolute atomic E-state index is 11.5. The maximum Gasteiger partial charge on any atom is 0.407 e. The van der Waals surface area contributed by atoms with E-state index in [0.29, 0.717) is 18.8 Å². The molecule has 6 heteroatoms. The van der Waals surface area contributed by atoms with Crippen molar-refractivity contribution in [2.45, 2.75) is 33.3 Å². The Morgan fingerprint density at radius 2 is 2.05 bits per heavy atom. The second-order valence-corrected chi connectivity index (χ2v) is 5.38. The molecule has 0 fully saturated rings. The number of methoxy groups -OCH3 is 1. The van der Waals surface area contributed by atoms with Crippen molar-refractivity contribution >= 4 is 11.8 Å². The minimum Gasteiger partial charge on any atom is -0.493 e. The lowest BCUT2D eigenvalue weighted by Crippen LogP contribution is -2.35. The molecule has 1 amide bonds. The molecule has 0 aliphatic carbocycles. The molecule has 1 aromatic heterocycles. The third kappa shape index (κ3) is 5.77. The van der Waals surface area contributed by atoms with Crippen LogP contribution in [-0.2, 0) is 4.74 Å². The van der Waals surface area contributed by atoms with Crippen LogP contribution in [0.3, 0.4) is 0 Å². The molecule has 0 saturated heterocycles. The summed E-state index contributed by atoms with van der Waals surface area (Å²) >= 11 is 0. The quantitative estimate of drug-likeness (QED) is 0.810. The summed E-state index contributed by atoms with van der Waals surface area (Å²) in [6.07, 6.45) is 1.25. The minimum absolute atomic E-state index is 0.419. The third-order valence-corrected chi connectivity index (χ3v) is 2.33. The van der Waals surface area contributed by atoms with Gasteiger partial charge < -0.3 is 20.1 Å². The first kappa shape index (κ1) is 16.1. The normalized spacial score (nSPS) is 10.8. The van der Waals surface area contributed by atoms with Gasteiger partial charge in [0, 0.05) is 18.8 Å². The monoisotopic (exact) mass is 281 g/mol. The van der Waals surface area contributed by atoms with E-state index in [1.54, 1.807) is 13.3 Å². The van der Waals surface area contributed by atoms with Crippen LogP contribution in [0.25, 0.3) is 0 Å². The number of amides is 1. The molecule has 1 aromatic rings. The van der Waals surface area contributed by atoms with E-state index in [1.165, 1.54) is 0 Å². The minimum atomic E-state index is -0.483. The Kier molecular flexibility index (Phi) is 5.61. The molecule has 0 atom stereocenters. The van der Waals surface area contributed by atoms with Gasteiger partial charge in [-0.2, -0.15) is 0 Å². The first-order valence-corrected chi connectivity index (χ1v) is 6.53. The highest BCUT2D eigenvalue weighted by atomic mass is 16.6. The van der Waals surface area contributed by atoms with Gasteiger partial charge in [0.15, 0.2) is 5.75 Å². The van der Waals surface area contributed by atoms with E-state index in [4.69, 9.17) is 9.47 Å². The Hall–Kier alpha value is -1.98. The lowest BCUT2D eigenvalue weighted by atomic mass is 10.2. The molecule has 20 heavy (non-hydrogen) atoms. The standard InChI is InChI=1S/C14H23N3O3/c1-10-8-11(12(19-5)9-17-10)15-6-7-16-13(18)20-14(2,3)4/h8-9H,6-7H2,1-5H3,(H,15,17)(H,16,18). The van der Waals surface area contributed by atoms with Crippen LogP contribution >= 0.6 is 0 Å². The van der Waals surface area contributed by atoms with Crippen LogP contribution < -0.4 is 15.4 Å². The van der Waals surface area contributed by atoms with Crippen LogP contribution in [0, 0.1) is 6.92 Å². The van der Waals surface area contributed by atoms with Gasteiger partial charge in [0.1, 0.15) is 5.60 Å². The first-order valence-electron chi connectivity index (χ1n) is 6.53. The van der Waals surface area contributed by atoms with E-state index < -0.39 is 11.7 Å². The summed E-state index contributed by atoms with van der Waals surface area (Å²) in [5, 5.41) is 5.87. The molecule has 0 bridgehead atoms. The molecule has 1 heterocycles. The van der Waals surface area contributed by atoms with Crippen molar-refractivity contribution in [3.63, 3.8) is 0 Å². The van der Waals surface area contributed by atoms with Crippen LogP contribution in [0.15, 0.2) is 12.3 Å². The third-order valence-electron chi connectivity index (χ3n) is 2.33. The largest absolute Gasteiger partial charge is 0.493 e. The average molecular weight is 281 g/mol. The molecular weight excluding hydrogens is 258 g/mol. The number of carbonyl (C=O) groups is 1. The number of aryl methyl sites for hydroxylation is 1. The molecule has 112 valence electrons. The average Bonchev–Trinajstić information content (AvgIpc) is 2.33. The van der Waals surface area contributed by atoms with Gasteiger partial charge in [-0.05, 0) is 33.8 Å². The molecule has 0 unspecified atom stereocenters. The molecule has 6 nitrogen and oxygen atoms in total. The lowest BCUT2D eigenvalue weighted by Gasteiger charge is -2.19. The van der Waals surface area contributed by atoms with Crippen molar-refractivity contribution < 1.29 is 14.3 Å². The van der Waals surface area contributed by atoms with Crippen molar-refractivity contribution in [2.75, 3.05) is 25.5 Å². The Bertz CT molecular complexity index is 455. The summed E-state index contributed by atoms with van der Waals surface area (Å²) in [6.45, 7) is 8.42. The number of pyridine rings is 1. The number of nitrogens with one attached hydrogen (secondary N) is 2. The van der Waals surface area contributed by atoms with Gasteiger partial charge in [-0.25, -0.2) is 4.79 Å². The van der Waals surface area contributed by atoms with Gasteiger partial charge in [-0.1, -0.05) is 0 Å². The fourth-order valence-corrected chi connectivity index (χ4v) is 1.52. The molecule has 2 N–H and O–H groups in total. The first-order chi connectivity index (χ1) is 9.31. The fraction of sp³-hybridized carbons (Fsp3) is 0.571. The van der Waals surface area contributed by atoms with Crippen LogP contribution in [0.1, 0.15) is 26.5 Å². The Morgan fingerprint density at radius 1 is 1.35 bits per heavy atom. The van der Waals surface area contributed by atoms with Crippen LogP contribution in [-0.4, -0.2) is 36.9 Å². The van der Waals surface area contributed by atoms with Gasteiger partial charge in [-0.3, -0.25) is 4.98 Å². The fourth-order valence-electron chi connectivity index (χ4n) is 1.52. The van der Waals surface area contributed by atoms with Crippen LogP contribution in [0.5, 0.6) is 5.75 Å². The van der Waals surface area contributed by atoms with Gasteiger partial charge in [0.2, 0.25) is 0 Å². The van der Waals surface area contributed by atoms with E-state index in [9.17, 15) is 4.79 Å². The molecule has 0 aliphatic heterocycles. The molecule has 1 rings (SSSR count). The summed E-state index contributed by atoms with van der Waals surface area (Å²) in [6, 6.07) is 1.90. The number of nitrogens with zero attached hydrogens (tertiary/aromatic N) is 1. The lowest BCUT2D eigenvalue weighted by molar-refractivity contribution is 0.0530. The summed E-state index contributed by atoms with van der Waals surface area (Å²) in [4.78, 5) is 15.6. The van der Waals surface area contributed by atoms with Gasteiger partial charge in [-0.15, -0.1) is 0 Å². The van der Waals surface area contributed by atoms with E-state index in [-0.39, 0.29) is 0 Å². The number of anilines is 1. The van der Waals surface area contributed by atoms with Crippen LogP contribution in [0.4, 0.5) is 10.5 Å². The second kappa shape index (κ2) is 6.98. The smallest absolute Gasteiger partial charge is 0.407 e. The van der Waals surface area contributed by atoms with Gasteiger partial charge in [0.05, 0.1) is 19.0 Å². The number of alkyl carbamates (subject to hydrolysis) is 1. The predicted molar refractivity (Wildman–Crippen MR) is 78.3 cm³/mol. The van der Waals surface area contributed by atoms with Gasteiger partial charge >= 0.3 is 6.09 Å². The molecule has 0 saturated carbocycles. The van der Waals surface area contributed by atoms with Crippen molar-refractivity contribution in [3.8, 4) is 5.75 Å². The van der Waals surface area contributed by atoms with Crippen molar-refractivity contribution in [3.05, 3.63) is 18.0 Å². The topological polar surface area (TPSA) is 72.5 Å². The molecular formula is C14H23N3O3. The summed E-state index contributed by atoms with van der Waals surface area (Å²) in [5.41, 5.74) is 1.27. The highest BCUT2D eigenvalue weighted by molar-refractivity contribution is 5.67. The number of ether oxygens (including phenoxy) is 2. The molecule has 0 aromatic carbocycles. The number of aromatic nitrogens is 1. The van der Waals surface area contributed by atoms with E-state index in [2.05, 4.69) is 15.6 Å². The number of rotatable bonds is 5. The molecule has 0 radical (unpaired) electrons. The van der Waals surface area contributed by atoms with Gasteiger partial charge in [0.25, 0.3) is 0 Å². The molecule has 0 aliphatic rings. The van der Waals surface area contributed by atoms with E-state index in [0.717, 1.165) is 11.4 Å². The zero-order valence-electron chi connectivity index (χ0n) is 12.7. The highest BCUT2D eigenvalue weighted by Gasteiger charge is 2.15. The predicted octanol–water partition coefficient (Wildman–Crippen LogP) is 2.34. The highest BCUT2D eigenvalue weighted by Crippen LogP contribution is 2.22. The van der Waals surface area contributed by atoms with E-state index in [1.807, 2.05) is 33.8 Å². The van der Waals surface area contributed by atoms with E-state index >= 15 is 0 Å².